The molecule has 1 aromatic carbocycles. The lowest BCUT2D eigenvalue weighted by Gasteiger charge is -2.36. The fraction of sp³-hybridized carbons (Fsp3) is 0.429. The minimum Gasteiger partial charge on any atom is -0.363 e. The fourth-order valence-electron chi connectivity index (χ4n) is 3.54. The highest BCUT2D eigenvalue weighted by molar-refractivity contribution is 7.80. The number of aromatic nitrogens is 1. The number of benzene rings is 1. The van der Waals surface area contributed by atoms with E-state index in [-0.39, 0.29) is 0 Å². The van der Waals surface area contributed by atoms with Gasteiger partial charge in [0, 0.05) is 50.5 Å². The first-order valence-electron chi connectivity index (χ1n) is 9.31. The summed E-state index contributed by atoms with van der Waals surface area (Å²) in [6, 6.07) is 9.67. The first-order valence-corrected chi connectivity index (χ1v) is 9.72. The van der Waals surface area contributed by atoms with Crippen LogP contribution in [-0.4, -0.2) is 46.0 Å². The number of alkyl halides is 3. The second-order valence-corrected chi connectivity index (χ2v) is 7.78. The molecule has 0 atom stereocenters. The van der Waals surface area contributed by atoms with Crippen molar-refractivity contribution in [1.82, 2.24) is 14.8 Å². The summed E-state index contributed by atoms with van der Waals surface area (Å²) in [5, 5.41) is 0. The quantitative estimate of drug-likeness (QED) is 0.699. The molecule has 0 spiro atoms. The first-order chi connectivity index (χ1) is 13.2. The molecule has 1 fully saturated rings. The molecule has 7 heteroatoms. The van der Waals surface area contributed by atoms with Crippen molar-refractivity contribution < 1.29 is 13.2 Å². The van der Waals surface area contributed by atoms with Crippen molar-refractivity contribution in [2.24, 2.45) is 0 Å². The topological polar surface area (TPSA) is 19.4 Å². The van der Waals surface area contributed by atoms with Gasteiger partial charge in [-0.3, -0.25) is 9.88 Å². The van der Waals surface area contributed by atoms with Crippen molar-refractivity contribution in [3.8, 4) is 0 Å². The normalized spacial score (nSPS) is 15.7. The lowest BCUT2D eigenvalue weighted by atomic mass is 10.1. The molecule has 0 amide bonds. The minimum absolute atomic E-state index is 0.517. The van der Waals surface area contributed by atoms with E-state index in [1.165, 1.54) is 17.7 Å². The summed E-state index contributed by atoms with van der Waals surface area (Å²) in [4.78, 5) is 9.77. The monoisotopic (exact) mass is 407 g/mol. The number of thiocarbonyl (C=S) groups is 1. The predicted molar refractivity (Wildman–Crippen MR) is 108 cm³/mol. The van der Waals surface area contributed by atoms with Crippen LogP contribution in [0.4, 0.5) is 13.2 Å². The average Bonchev–Trinajstić information content (AvgIpc) is 2.61. The van der Waals surface area contributed by atoms with Gasteiger partial charge in [-0.05, 0) is 43.2 Å². The van der Waals surface area contributed by atoms with E-state index in [1.54, 1.807) is 6.07 Å². The van der Waals surface area contributed by atoms with Crippen molar-refractivity contribution in [3.63, 3.8) is 0 Å². The van der Waals surface area contributed by atoms with Gasteiger partial charge in [-0.2, -0.15) is 13.2 Å². The Morgan fingerprint density at radius 3 is 2.43 bits per heavy atom. The highest BCUT2D eigenvalue weighted by Crippen LogP contribution is 2.29. The molecule has 3 rings (SSSR count). The van der Waals surface area contributed by atoms with Crippen LogP contribution < -0.4 is 0 Å². The number of halogens is 3. The van der Waals surface area contributed by atoms with Crippen LogP contribution in [0.25, 0.3) is 0 Å². The summed E-state index contributed by atoms with van der Waals surface area (Å²) in [5.41, 5.74) is 3.24. The van der Waals surface area contributed by atoms with Crippen LogP contribution in [0.5, 0.6) is 0 Å². The van der Waals surface area contributed by atoms with Gasteiger partial charge in [-0.25, -0.2) is 0 Å². The van der Waals surface area contributed by atoms with Crippen molar-refractivity contribution in [2.75, 3.05) is 26.2 Å². The van der Waals surface area contributed by atoms with E-state index in [0.717, 1.165) is 48.6 Å². The Morgan fingerprint density at radius 1 is 1.07 bits per heavy atom. The molecule has 1 aliphatic rings. The van der Waals surface area contributed by atoms with Crippen LogP contribution in [0.3, 0.4) is 0 Å². The Labute approximate surface area is 169 Å². The van der Waals surface area contributed by atoms with E-state index in [1.807, 2.05) is 19.9 Å². The molecule has 28 heavy (non-hydrogen) atoms. The molecule has 0 saturated carbocycles. The molecule has 1 aliphatic heterocycles. The summed E-state index contributed by atoms with van der Waals surface area (Å²) in [6.07, 6.45) is -3.66. The summed E-state index contributed by atoms with van der Waals surface area (Å²) < 4.78 is 38.6. The van der Waals surface area contributed by atoms with Gasteiger partial charge in [0.15, 0.2) is 0 Å². The van der Waals surface area contributed by atoms with Crippen molar-refractivity contribution >= 4 is 17.2 Å². The molecule has 1 saturated heterocycles. The van der Waals surface area contributed by atoms with Crippen LogP contribution in [0.15, 0.2) is 36.4 Å². The molecule has 150 valence electrons. The zero-order valence-electron chi connectivity index (χ0n) is 16.1. The van der Waals surface area contributed by atoms with Gasteiger partial charge in [0.25, 0.3) is 0 Å². The van der Waals surface area contributed by atoms with Gasteiger partial charge < -0.3 is 4.90 Å². The van der Waals surface area contributed by atoms with Crippen molar-refractivity contribution in [2.45, 2.75) is 33.0 Å². The highest BCUT2D eigenvalue weighted by Gasteiger charge is 2.30. The zero-order chi connectivity index (χ0) is 20.3. The first kappa shape index (κ1) is 20.7. The molecule has 0 unspecified atom stereocenters. The van der Waals surface area contributed by atoms with E-state index in [4.69, 9.17) is 12.2 Å². The SMILES string of the molecule is Cc1cc(C)nc(CC(=S)N2CCN(Cc3cccc(C(F)(F)F)c3)CC2)c1. The number of pyridine rings is 1. The Bertz CT molecular complexity index is 823. The van der Waals surface area contributed by atoms with Crippen LogP contribution in [0.1, 0.15) is 28.1 Å². The van der Waals surface area contributed by atoms with E-state index >= 15 is 0 Å². The van der Waals surface area contributed by atoms with E-state index in [2.05, 4.69) is 20.9 Å². The van der Waals surface area contributed by atoms with E-state index in [0.29, 0.717) is 18.5 Å². The zero-order valence-corrected chi connectivity index (χ0v) is 16.9. The number of piperazine rings is 1. The van der Waals surface area contributed by atoms with Gasteiger partial charge in [0.1, 0.15) is 0 Å². The van der Waals surface area contributed by atoms with Gasteiger partial charge >= 0.3 is 6.18 Å². The fourth-order valence-corrected chi connectivity index (χ4v) is 3.87. The Hall–Kier alpha value is -1.99. The van der Waals surface area contributed by atoms with Crippen LogP contribution in [0, 0.1) is 13.8 Å². The molecule has 0 bridgehead atoms. The second-order valence-electron chi connectivity index (χ2n) is 7.31. The van der Waals surface area contributed by atoms with Crippen molar-refractivity contribution in [3.05, 3.63) is 64.5 Å². The molecule has 2 aromatic rings. The van der Waals surface area contributed by atoms with E-state index < -0.39 is 11.7 Å². The smallest absolute Gasteiger partial charge is 0.363 e. The van der Waals surface area contributed by atoms with Crippen LogP contribution in [-0.2, 0) is 19.1 Å². The summed E-state index contributed by atoms with van der Waals surface area (Å²) in [6.45, 7) is 7.65. The summed E-state index contributed by atoms with van der Waals surface area (Å²) in [7, 11) is 0. The second kappa shape index (κ2) is 8.57. The van der Waals surface area contributed by atoms with E-state index in [9.17, 15) is 13.2 Å². The summed E-state index contributed by atoms with van der Waals surface area (Å²) in [5.74, 6) is 0. The van der Waals surface area contributed by atoms with Gasteiger partial charge in [0.05, 0.1) is 10.6 Å². The minimum atomic E-state index is -4.30. The molecule has 0 aliphatic carbocycles. The Balaban J connectivity index is 1.53. The molecule has 1 aromatic heterocycles. The number of hydrogen-bond acceptors (Lipinski definition) is 3. The highest BCUT2D eigenvalue weighted by atomic mass is 32.1. The number of nitrogens with zero attached hydrogens (tertiary/aromatic N) is 3. The average molecular weight is 408 g/mol. The van der Waals surface area contributed by atoms with Gasteiger partial charge in [-0.15, -0.1) is 0 Å². The summed E-state index contributed by atoms with van der Waals surface area (Å²) >= 11 is 5.61. The number of rotatable bonds is 4. The standard InChI is InChI=1S/C21H24F3N3S/c1-15-10-16(2)25-19(11-15)13-20(28)27-8-6-26(7-9-27)14-17-4-3-5-18(12-17)21(22,23)24/h3-5,10-12H,6-9,13-14H2,1-2H3. The molecule has 0 radical (unpaired) electrons. The van der Waals surface area contributed by atoms with Gasteiger partial charge in [-0.1, -0.05) is 30.4 Å². The molecule has 2 heterocycles. The number of aryl methyl sites for hydroxylation is 2. The van der Waals surface area contributed by atoms with Crippen LogP contribution in [0.2, 0.25) is 0 Å². The third-order valence-electron chi connectivity index (χ3n) is 4.87. The number of hydrogen-bond donors (Lipinski definition) is 0. The maximum atomic E-state index is 12.9. The van der Waals surface area contributed by atoms with Crippen LogP contribution >= 0.6 is 12.2 Å². The third-order valence-corrected chi connectivity index (χ3v) is 5.27. The lowest BCUT2D eigenvalue weighted by molar-refractivity contribution is -0.137. The van der Waals surface area contributed by atoms with Gasteiger partial charge in [0.2, 0.25) is 0 Å². The Kier molecular flexibility index (Phi) is 6.35. The third kappa shape index (κ3) is 5.52. The molecule has 0 N–H and O–H groups in total. The predicted octanol–water partition coefficient (Wildman–Crippen LogP) is 4.40. The molecular weight excluding hydrogens is 383 g/mol. The Morgan fingerprint density at radius 2 is 1.79 bits per heavy atom. The maximum absolute atomic E-state index is 12.9. The lowest BCUT2D eigenvalue weighted by Crippen LogP contribution is -2.48. The molecule has 3 nitrogen and oxygen atoms in total. The maximum Gasteiger partial charge on any atom is 0.416 e. The largest absolute Gasteiger partial charge is 0.416 e. The van der Waals surface area contributed by atoms with Crippen molar-refractivity contribution in [1.29, 1.82) is 0 Å². The molecular formula is C21H24F3N3S.